The van der Waals surface area contributed by atoms with Gasteiger partial charge < -0.3 is 10.4 Å². The van der Waals surface area contributed by atoms with Crippen molar-refractivity contribution in [2.24, 2.45) is 11.8 Å². The van der Waals surface area contributed by atoms with Crippen molar-refractivity contribution in [1.82, 2.24) is 5.32 Å². The maximum absolute atomic E-state index is 12.1. The molecule has 0 aromatic heterocycles. The van der Waals surface area contributed by atoms with Gasteiger partial charge in [0.15, 0.2) is 0 Å². The predicted molar refractivity (Wildman–Crippen MR) is 94.9 cm³/mol. The summed E-state index contributed by atoms with van der Waals surface area (Å²) in [6.45, 7) is 5.06. The van der Waals surface area contributed by atoms with Crippen LogP contribution >= 0.6 is 0 Å². The molecule has 0 saturated heterocycles. The van der Waals surface area contributed by atoms with E-state index in [1.54, 1.807) is 0 Å². The Morgan fingerprint density at radius 3 is 2.21 bits per heavy atom. The molecule has 1 aromatic carbocycles. The van der Waals surface area contributed by atoms with E-state index in [-0.39, 0.29) is 17.7 Å². The topological polar surface area (TPSA) is 66.4 Å². The number of carbonyl (C=O) groups excluding carboxylic acids is 1. The standard InChI is InChI=1S/C20H29NO3/c1-14(2)16-7-5-15(6-8-16)4-3-13-21-19(22)17-9-11-18(12-10-17)20(23)24/h5-8,14,17-18H,3-4,9-13H2,1-2H3,(H,21,22)(H,23,24). The minimum atomic E-state index is -0.725. The van der Waals surface area contributed by atoms with Gasteiger partial charge >= 0.3 is 5.97 Å². The van der Waals surface area contributed by atoms with Gasteiger partial charge in [0.1, 0.15) is 0 Å². The number of carbonyl (C=O) groups is 2. The molecule has 2 rings (SSSR count). The fourth-order valence-electron chi connectivity index (χ4n) is 3.32. The Balaban J connectivity index is 1.65. The van der Waals surface area contributed by atoms with E-state index in [0.29, 0.717) is 38.1 Å². The van der Waals surface area contributed by atoms with E-state index < -0.39 is 5.97 Å². The molecule has 24 heavy (non-hydrogen) atoms. The van der Waals surface area contributed by atoms with Crippen LogP contribution < -0.4 is 5.32 Å². The van der Waals surface area contributed by atoms with Crippen LogP contribution in [0.1, 0.15) is 63.0 Å². The van der Waals surface area contributed by atoms with Crippen LogP contribution in [-0.2, 0) is 16.0 Å². The molecule has 0 radical (unpaired) electrons. The van der Waals surface area contributed by atoms with Gasteiger partial charge in [-0.3, -0.25) is 9.59 Å². The molecule has 1 amide bonds. The van der Waals surface area contributed by atoms with Crippen molar-refractivity contribution in [3.8, 4) is 0 Å². The summed E-state index contributed by atoms with van der Waals surface area (Å²) in [5.74, 6) is -0.352. The largest absolute Gasteiger partial charge is 0.481 e. The molecule has 0 aliphatic heterocycles. The third-order valence-electron chi connectivity index (χ3n) is 5.04. The van der Waals surface area contributed by atoms with Crippen molar-refractivity contribution < 1.29 is 14.7 Å². The first-order chi connectivity index (χ1) is 11.5. The monoisotopic (exact) mass is 331 g/mol. The highest BCUT2D eigenvalue weighted by molar-refractivity contribution is 5.79. The lowest BCUT2D eigenvalue weighted by molar-refractivity contribution is -0.144. The molecule has 1 fully saturated rings. The summed E-state index contributed by atoms with van der Waals surface area (Å²) in [7, 11) is 0. The number of nitrogens with one attached hydrogen (secondary N) is 1. The summed E-state index contributed by atoms with van der Waals surface area (Å²) in [5, 5.41) is 12.0. The molecule has 1 aliphatic carbocycles. The molecule has 0 atom stereocenters. The molecule has 1 aromatic rings. The summed E-state index contributed by atoms with van der Waals surface area (Å²) in [4.78, 5) is 23.1. The molecule has 132 valence electrons. The molecule has 0 spiro atoms. The highest BCUT2D eigenvalue weighted by Crippen LogP contribution is 2.29. The summed E-state index contributed by atoms with van der Waals surface area (Å²) in [5.41, 5.74) is 2.65. The van der Waals surface area contributed by atoms with Gasteiger partial charge in [0.05, 0.1) is 5.92 Å². The van der Waals surface area contributed by atoms with E-state index in [9.17, 15) is 9.59 Å². The summed E-state index contributed by atoms with van der Waals surface area (Å²) < 4.78 is 0. The van der Waals surface area contributed by atoms with Crippen molar-refractivity contribution in [2.45, 2.75) is 58.3 Å². The number of aryl methyl sites for hydroxylation is 1. The second-order valence-corrected chi connectivity index (χ2v) is 7.18. The van der Waals surface area contributed by atoms with Crippen LogP contribution in [0, 0.1) is 11.8 Å². The molecule has 0 heterocycles. The zero-order chi connectivity index (χ0) is 17.5. The Kier molecular flexibility index (Phi) is 6.83. The highest BCUT2D eigenvalue weighted by Gasteiger charge is 2.29. The van der Waals surface area contributed by atoms with Crippen LogP contribution in [0.5, 0.6) is 0 Å². The summed E-state index contributed by atoms with van der Waals surface area (Å²) >= 11 is 0. The Morgan fingerprint density at radius 1 is 1.08 bits per heavy atom. The second kappa shape index (κ2) is 8.86. The maximum Gasteiger partial charge on any atom is 0.306 e. The van der Waals surface area contributed by atoms with Gasteiger partial charge in [0.25, 0.3) is 0 Å². The van der Waals surface area contributed by atoms with E-state index in [1.807, 2.05) is 0 Å². The van der Waals surface area contributed by atoms with Gasteiger partial charge in [-0.1, -0.05) is 38.1 Å². The van der Waals surface area contributed by atoms with Crippen LogP contribution in [-0.4, -0.2) is 23.5 Å². The van der Waals surface area contributed by atoms with Gasteiger partial charge in [0.2, 0.25) is 5.91 Å². The molecule has 1 aliphatic rings. The van der Waals surface area contributed by atoms with E-state index in [0.717, 1.165) is 12.8 Å². The number of aliphatic carboxylic acids is 1. The van der Waals surface area contributed by atoms with Crippen LogP contribution in [0.3, 0.4) is 0 Å². The summed E-state index contributed by atoms with van der Waals surface area (Å²) in [6.07, 6.45) is 4.52. The van der Waals surface area contributed by atoms with Gasteiger partial charge in [-0.25, -0.2) is 0 Å². The van der Waals surface area contributed by atoms with E-state index >= 15 is 0 Å². The fourth-order valence-corrected chi connectivity index (χ4v) is 3.32. The Labute approximate surface area is 144 Å². The Hall–Kier alpha value is -1.84. The number of hydrogen-bond acceptors (Lipinski definition) is 2. The van der Waals surface area contributed by atoms with Crippen LogP contribution in [0.2, 0.25) is 0 Å². The molecule has 1 saturated carbocycles. The normalized spacial score (nSPS) is 20.8. The maximum atomic E-state index is 12.1. The van der Waals surface area contributed by atoms with Crippen LogP contribution in [0.4, 0.5) is 0 Å². The number of carboxylic acid groups (broad SMARTS) is 1. The molecule has 4 heteroatoms. The number of amides is 1. The predicted octanol–water partition coefficient (Wildman–Crippen LogP) is 3.75. The van der Waals surface area contributed by atoms with Crippen LogP contribution in [0.15, 0.2) is 24.3 Å². The molecule has 4 nitrogen and oxygen atoms in total. The SMILES string of the molecule is CC(C)c1ccc(CCCNC(=O)C2CCC(C(=O)O)CC2)cc1. The zero-order valence-corrected chi connectivity index (χ0v) is 14.8. The minimum Gasteiger partial charge on any atom is -0.481 e. The van der Waals surface area contributed by atoms with Crippen molar-refractivity contribution in [1.29, 1.82) is 0 Å². The van der Waals surface area contributed by atoms with Gasteiger partial charge in [-0.2, -0.15) is 0 Å². The molecular weight excluding hydrogens is 302 g/mol. The highest BCUT2D eigenvalue weighted by atomic mass is 16.4. The molecule has 0 unspecified atom stereocenters. The van der Waals surface area contributed by atoms with E-state index in [1.165, 1.54) is 11.1 Å². The zero-order valence-electron chi connectivity index (χ0n) is 14.8. The van der Waals surface area contributed by atoms with Gasteiger partial charge in [-0.05, 0) is 55.6 Å². The molecule has 0 bridgehead atoms. The molecule has 2 N–H and O–H groups in total. The van der Waals surface area contributed by atoms with E-state index in [2.05, 4.69) is 43.4 Å². The number of benzene rings is 1. The lowest BCUT2D eigenvalue weighted by atomic mass is 9.81. The quantitative estimate of drug-likeness (QED) is 0.748. The average molecular weight is 331 g/mol. The van der Waals surface area contributed by atoms with Crippen molar-refractivity contribution in [3.05, 3.63) is 35.4 Å². The van der Waals surface area contributed by atoms with Crippen molar-refractivity contribution in [3.63, 3.8) is 0 Å². The average Bonchev–Trinajstić information content (AvgIpc) is 2.59. The summed E-state index contributed by atoms with van der Waals surface area (Å²) in [6, 6.07) is 8.70. The number of rotatable bonds is 7. The fraction of sp³-hybridized carbons (Fsp3) is 0.600. The van der Waals surface area contributed by atoms with Crippen molar-refractivity contribution >= 4 is 11.9 Å². The van der Waals surface area contributed by atoms with Crippen LogP contribution in [0.25, 0.3) is 0 Å². The van der Waals surface area contributed by atoms with Gasteiger partial charge in [0, 0.05) is 12.5 Å². The first kappa shape index (κ1) is 18.5. The Morgan fingerprint density at radius 2 is 1.67 bits per heavy atom. The lowest BCUT2D eigenvalue weighted by Gasteiger charge is -2.25. The number of hydrogen-bond donors (Lipinski definition) is 2. The second-order valence-electron chi connectivity index (χ2n) is 7.18. The van der Waals surface area contributed by atoms with Gasteiger partial charge in [-0.15, -0.1) is 0 Å². The first-order valence-electron chi connectivity index (χ1n) is 9.06. The van der Waals surface area contributed by atoms with Crippen molar-refractivity contribution in [2.75, 3.05) is 6.54 Å². The van der Waals surface area contributed by atoms with E-state index in [4.69, 9.17) is 5.11 Å². The lowest BCUT2D eigenvalue weighted by Crippen LogP contribution is -2.35. The molecular formula is C20H29NO3. The Bertz CT molecular complexity index is 543. The first-order valence-corrected chi connectivity index (χ1v) is 9.06. The third-order valence-corrected chi connectivity index (χ3v) is 5.04. The minimum absolute atomic E-state index is 0.00840. The smallest absolute Gasteiger partial charge is 0.306 e. The number of carboxylic acids is 1. The third kappa shape index (κ3) is 5.36.